The number of piperazine rings is 1. The number of halogens is 1. The van der Waals surface area contributed by atoms with Crippen molar-refractivity contribution in [1.82, 2.24) is 19.7 Å². The number of ether oxygens (including phenoxy) is 2. The Labute approximate surface area is 267 Å². The Balaban J connectivity index is 0.992. The molecule has 0 spiro atoms. The minimum absolute atomic E-state index is 0.0609. The van der Waals surface area contributed by atoms with Gasteiger partial charge in [-0.25, -0.2) is 14.2 Å². The van der Waals surface area contributed by atoms with Crippen LogP contribution in [0.25, 0.3) is 0 Å². The van der Waals surface area contributed by atoms with Crippen LogP contribution in [0.15, 0.2) is 66.9 Å². The molecule has 0 radical (unpaired) electrons. The number of pyridine rings is 1. The molecule has 0 bridgehead atoms. The van der Waals surface area contributed by atoms with Gasteiger partial charge < -0.3 is 24.6 Å². The van der Waals surface area contributed by atoms with Crippen LogP contribution in [-0.4, -0.2) is 89.9 Å². The summed E-state index contributed by atoms with van der Waals surface area (Å²) in [5.41, 5.74) is -0.567. The molecule has 0 unspecified atom stereocenters. The van der Waals surface area contributed by atoms with Crippen molar-refractivity contribution in [2.24, 2.45) is 5.41 Å². The van der Waals surface area contributed by atoms with E-state index in [1.165, 1.54) is 18.3 Å². The Kier molecular flexibility index (Phi) is 9.46. The number of likely N-dealkylation sites (N-methyl/N-ethyl adjacent to an activating group) is 1. The maximum Gasteiger partial charge on any atom is 0.323 e. The van der Waals surface area contributed by atoms with Gasteiger partial charge in [0.1, 0.15) is 35.2 Å². The van der Waals surface area contributed by atoms with Gasteiger partial charge in [-0.3, -0.25) is 19.8 Å². The largest absolute Gasteiger partial charge is 0.460 e. The minimum Gasteiger partial charge on any atom is -0.460 e. The van der Waals surface area contributed by atoms with Crippen molar-refractivity contribution < 1.29 is 28.2 Å². The second kappa shape index (κ2) is 13.8. The molecule has 0 atom stereocenters. The average molecular weight is 631 g/mol. The summed E-state index contributed by atoms with van der Waals surface area (Å²) in [5.74, 6) is -1.08. The quantitative estimate of drug-likeness (QED) is 0.258. The fraction of sp³-hybridized carbons (Fsp3) is 0.412. The lowest BCUT2D eigenvalue weighted by atomic mass is 10.0. The molecule has 46 heavy (non-hydrogen) atoms. The number of carbonyl (C=O) groups is 3. The first-order chi connectivity index (χ1) is 22.3. The number of urea groups is 1. The summed E-state index contributed by atoms with van der Waals surface area (Å²) in [6.45, 7) is 5.70. The van der Waals surface area contributed by atoms with E-state index in [0.29, 0.717) is 43.5 Å². The van der Waals surface area contributed by atoms with Gasteiger partial charge in [-0.2, -0.15) is 0 Å². The first-order valence-electron chi connectivity index (χ1n) is 15.7. The van der Waals surface area contributed by atoms with E-state index in [2.05, 4.69) is 32.5 Å². The Morgan fingerprint density at radius 2 is 1.63 bits per heavy atom. The zero-order chi connectivity index (χ0) is 32.1. The van der Waals surface area contributed by atoms with E-state index in [9.17, 15) is 14.4 Å². The lowest BCUT2D eigenvalue weighted by molar-refractivity contribution is -0.154. The van der Waals surface area contributed by atoms with Crippen molar-refractivity contribution in [3.05, 3.63) is 78.2 Å². The van der Waals surface area contributed by atoms with Crippen molar-refractivity contribution in [2.75, 3.05) is 56.9 Å². The molecule has 2 aromatic carbocycles. The van der Waals surface area contributed by atoms with Crippen molar-refractivity contribution in [2.45, 2.75) is 38.3 Å². The molecule has 3 aromatic rings. The maximum absolute atomic E-state index is 15.0. The zero-order valence-corrected chi connectivity index (χ0v) is 25.9. The number of likely N-dealkylation sites (tertiary alicyclic amines) is 1. The van der Waals surface area contributed by atoms with Gasteiger partial charge in [0.25, 0.3) is 0 Å². The van der Waals surface area contributed by atoms with Crippen molar-refractivity contribution in [3.63, 3.8) is 0 Å². The van der Waals surface area contributed by atoms with Crippen molar-refractivity contribution in [3.8, 4) is 11.5 Å². The number of amides is 3. The van der Waals surface area contributed by atoms with Gasteiger partial charge in [-0.05, 0) is 56.5 Å². The zero-order valence-electron chi connectivity index (χ0n) is 25.9. The molecule has 3 heterocycles. The van der Waals surface area contributed by atoms with Gasteiger partial charge in [0.05, 0.1) is 5.69 Å². The predicted molar refractivity (Wildman–Crippen MR) is 170 cm³/mol. The molecule has 242 valence electrons. The molecule has 3 aliphatic rings. The number of hydrogen-bond acceptors (Lipinski definition) is 8. The Morgan fingerprint density at radius 1 is 0.913 bits per heavy atom. The maximum atomic E-state index is 15.0. The molecule has 1 saturated carbocycles. The number of aromatic nitrogens is 1. The van der Waals surface area contributed by atoms with Crippen LogP contribution in [0.1, 0.15) is 31.2 Å². The first kappa shape index (κ1) is 31.4. The molecule has 2 aliphatic heterocycles. The van der Waals surface area contributed by atoms with E-state index >= 15 is 4.39 Å². The molecule has 2 N–H and O–H groups in total. The Bertz CT molecular complexity index is 1550. The smallest absolute Gasteiger partial charge is 0.323 e. The number of nitrogens with zero attached hydrogens (tertiary/aromatic N) is 4. The van der Waals surface area contributed by atoms with E-state index < -0.39 is 23.1 Å². The molecule has 1 aliphatic carbocycles. The average Bonchev–Trinajstić information content (AvgIpc) is 3.89. The van der Waals surface area contributed by atoms with E-state index in [-0.39, 0.29) is 24.1 Å². The van der Waals surface area contributed by atoms with Crippen LogP contribution in [0.4, 0.5) is 20.7 Å². The molecule has 11 nitrogen and oxygen atoms in total. The third-order valence-corrected chi connectivity index (χ3v) is 8.98. The fourth-order valence-corrected chi connectivity index (χ4v) is 5.90. The Morgan fingerprint density at radius 3 is 2.33 bits per heavy atom. The summed E-state index contributed by atoms with van der Waals surface area (Å²) in [5, 5.41) is 5.37. The number of rotatable bonds is 9. The van der Waals surface area contributed by atoms with E-state index in [0.717, 1.165) is 50.7 Å². The van der Waals surface area contributed by atoms with Gasteiger partial charge in [0.2, 0.25) is 5.91 Å². The van der Waals surface area contributed by atoms with E-state index in [4.69, 9.17) is 9.47 Å². The number of piperidine rings is 1. The summed E-state index contributed by atoms with van der Waals surface area (Å²) in [6, 6.07) is 16.7. The van der Waals surface area contributed by atoms with Crippen LogP contribution in [0.3, 0.4) is 0 Å². The summed E-state index contributed by atoms with van der Waals surface area (Å²) in [4.78, 5) is 49.5. The monoisotopic (exact) mass is 630 g/mol. The van der Waals surface area contributed by atoms with Gasteiger partial charge >= 0.3 is 12.0 Å². The molecular formula is C34H39FN6O5. The lowest BCUT2D eigenvalue weighted by Gasteiger charge is -2.42. The molecule has 3 amide bonds. The molecule has 3 fully saturated rings. The van der Waals surface area contributed by atoms with Crippen LogP contribution < -0.4 is 15.4 Å². The van der Waals surface area contributed by atoms with Crippen LogP contribution >= 0.6 is 0 Å². The first-order valence-corrected chi connectivity index (χ1v) is 15.7. The molecule has 6 rings (SSSR count). The molecular weight excluding hydrogens is 591 g/mol. The topological polar surface area (TPSA) is 116 Å². The number of nitrogens with one attached hydrogen (secondary N) is 2. The SMILES string of the molecule is CN1CCN(C2CCN(C(=O)Nc3cc(Oc4ccc(NC(=O)C5(C(=O)OCc6ccccc6)CC5)c(F)c4)ccn3)CC2)CC1. The predicted octanol–water partition coefficient (Wildman–Crippen LogP) is 4.72. The summed E-state index contributed by atoms with van der Waals surface area (Å²) in [6.07, 6.45) is 4.06. The molecule has 12 heteroatoms. The fourth-order valence-electron chi connectivity index (χ4n) is 5.90. The highest BCUT2D eigenvalue weighted by atomic mass is 19.1. The minimum atomic E-state index is -1.31. The van der Waals surface area contributed by atoms with E-state index in [1.54, 1.807) is 17.0 Å². The van der Waals surface area contributed by atoms with Crippen LogP contribution in [-0.2, 0) is 20.9 Å². The van der Waals surface area contributed by atoms with Crippen LogP contribution in [0.5, 0.6) is 11.5 Å². The van der Waals surface area contributed by atoms with Gasteiger partial charge in [0.15, 0.2) is 0 Å². The van der Waals surface area contributed by atoms with Gasteiger partial charge in [-0.1, -0.05) is 30.3 Å². The highest BCUT2D eigenvalue weighted by Crippen LogP contribution is 2.48. The van der Waals surface area contributed by atoms with E-state index in [1.807, 2.05) is 30.3 Å². The van der Waals surface area contributed by atoms with Crippen LogP contribution in [0, 0.1) is 11.2 Å². The third kappa shape index (κ3) is 7.45. The second-order valence-electron chi connectivity index (χ2n) is 12.2. The normalized spacial score (nSPS) is 18.4. The summed E-state index contributed by atoms with van der Waals surface area (Å²) in [7, 11) is 2.15. The van der Waals surface area contributed by atoms with Crippen molar-refractivity contribution >= 4 is 29.4 Å². The number of hydrogen-bond donors (Lipinski definition) is 2. The van der Waals surface area contributed by atoms with Crippen LogP contribution in [0.2, 0.25) is 0 Å². The summed E-state index contributed by atoms with van der Waals surface area (Å²) < 4.78 is 26.2. The lowest BCUT2D eigenvalue weighted by Crippen LogP contribution is -2.53. The number of esters is 1. The molecule has 1 aromatic heterocycles. The third-order valence-electron chi connectivity index (χ3n) is 8.98. The molecule has 2 saturated heterocycles. The number of anilines is 2. The number of benzene rings is 2. The highest BCUT2D eigenvalue weighted by Gasteiger charge is 2.58. The van der Waals surface area contributed by atoms with Gasteiger partial charge in [-0.15, -0.1) is 0 Å². The standard InChI is InChI=1S/C34H39FN6O5/c1-39-17-19-40(20-18-39)25-10-15-41(16-11-25)33(44)38-30-22-27(9-14-36-30)46-26-7-8-29(28(35)21-26)37-31(42)34(12-13-34)32(43)45-23-24-5-3-2-4-6-24/h2-9,14,21-22,25H,10-13,15-20,23H2,1H3,(H,37,42)(H,36,38,44). The van der Waals surface area contributed by atoms with Gasteiger partial charge in [0, 0.05) is 63.6 Å². The second-order valence-corrected chi connectivity index (χ2v) is 12.2. The van der Waals surface area contributed by atoms with Crippen molar-refractivity contribution in [1.29, 1.82) is 0 Å². The Hall–Kier alpha value is -4.55. The highest BCUT2D eigenvalue weighted by molar-refractivity contribution is 6.11. The number of carbonyl (C=O) groups excluding carboxylic acids is 3. The summed E-state index contributed by atoms with van der Waals surface area (Å²) >= 11 is 0.